The lowest BCUT2D eigenvalue weighted by Gasteiger charge is -2.18. The third kappa shape index (κ3) is 3.42. The summed E-state index contributed by atoms with van der Waals surface area (Å²) >= 11 is 0. The van der Waals surface area contributed by atoms with Crippen LogP contribution in [0.2, 0.25) is 0 Å². The van der Waals surface area contributed by atoms with Gasteiger partial charge >= 0.3 is 12.0 Å². The molecular formula is C10H18N2O3. The summed E-state index contributed by atoms with van der Waals surface area (Å²) in [5.74, 6) is -1.34. The van der Waals surface area contributed by atoms with Crippen LogP contribution in [0.3, 0.4) is 0 Å². The molecule has 0 radical (unpaired) electrons. The van der Waals surface area contributed by atoms with E-state index in [0.717, 1.165) is 12.8 Å². The van der Waals surface area contributed by atoms with Crippen LogP contribution in [-0.4, -0.2) is 41.6 Å². The summed E-state index contributed by atoms with van der Waals surface area (Å²) < 4.78 is 0. The summed E-state index contributed by atoms with van der Waals surface area (Å²) in [7, 11) is 1.74. The van der Waals surface area contributed by atoms with Crippen LogP contribution in [-0.2, 0) is 4.79 Å². The lowest BCUT2D eigenvalue weighted by molar-refractivity contribution is -0.141. The van der Waals surface area contributed by atoms with Crippen molar-refractivity contribution in [2.45, 2.75) is 32.2 Å². The van der Waals surface area contributed by atoms with E-state index in [0.29, 0.717) is 12.5 Å². The Morgan fingerprint density at radius 1 is 1.53 bits per heavy atom. The highest BCUT2D eigenvalue weighted by atomic mass is 16.4. The Kier molecular flexibility index (Phi) is 3.94. The first-order valence-corrected chi connectivity index (χ1v) is 5.29. The minimum absolute atomic E-state index is 0.169. The van der Waals surface area contributed by atoms with Crippen molar-refractivity contribution in [3.63, 3.8) is 0 Å². The average molecular weight is 214 g/mol. The van der Waals surface area contributed by atoms with E-state index >= 15 is 0 Å². The van der Waals surface area contributed by atoms with Crippen LogP contribution < -0.4 is 5.32 Å². The van der Waals surface area contributed by atoms with Gasteiger partial charge in [0.25, 0.3) is 0 Å². The van der Waals surface area contributed by atoms with E-state index in [-0.39, 0.29) is 12.6 Å². The molecule has 1 aliphatic carbocycles. The third-order valence-electron chi connectivity index (χ3n) is 2.76. The maximum atomic E-state index is 11.5. The molecule has 5 nitrogen and oxygen atoms in total. The molecule has 1 saturated carbocycles. The highest BCUT2D eigenvalue weighted by Crippen LogP contribution is 2.25. The second-order valence-electron chi connectivity index (χ2n) is 3.97. The van der Waals surface area contributed by atoms with Crippen molar-refractivity contribution in [2.75, 3.05) is 13.6 Å². The molecule has 1 fully saturated rings. The Morgan fingerprint density at radius 2 is 2.13 bits per heavy atom. The zero-order valence-electron chi connectivity index (χ0n) is 9.19. The van der Waals surface area contributed by atoms with Crippen LogP contribution in [0.25, 0.3) is 0 Å². The van der Waals surface area contributed by atoms with E-state index in [4.69, 9.17) is 5.11 Å². The Morgan fingerprint density at radius 3 is 2.53 bits per heavy atom. The fourth-order valence-corrected chi connectivity index (χ4v) is 1.37. The van der Waals surface area contributed by atoms with Gasteiger partial charge in [0.1, 0.15) is 0 Å². The van der Waals surface area contributed by atoms with Crippen molar-refractivity contribution in [3.8, 4) is 0 Å². The largest absolute Gasteiger partial charge is 0.481 e. The molecule has 2 N–H and O–H groups in total. The van der Waals surface area contributed by atoms with E-state index in [1.54, 1.807) is 18.9 Å². The lowest BCUT2D eigenvalue weighted by atomic mass is 10.1. The molecular weight excluding hydrogens is 196 g/mol. The molecule has 0 aromatic rings. The first-order valence-electron chi connectivity index (χ1n) is 5.29. The van der Waals surface area contributed by atoms with Gasteiger partial charge in [-0.3, -0.25) is 4.79 Å². The molecule has 15 heavy (non-hydrogen) atoms. The summed E-state index contributed by atoms with van der Waals surface area (Å²) in [6, 6.07) is 0.187. The predicted octanol–water partition coefficient (Wildman–Crippen LogP) is 0.901. The van der Waals surface area contributed by atoms with Crippen molar-refractivity contribution in [1.82, 2.24) is 10.2 Å². The van der Waals surface area contributed by atoms with E-state index in [1.165, 1.54) is 0 Å². The SMILES string of the molecule is CCC(CNC(=O)N(C)C1CC1)C(=O)O. The fourth-order valence-electron chi connectivity index (χ4n) is 1.37. The Hall–Kier alpha value is -1.26. The maximum Gasteiger partial charge on any atom is 0.317 e. The number of amides is 2. The number of hydrogen-bond acceptors (Lipinski definition) is 2. The van der Waals surface area contributed by atoms with Gasteiger partial charge < -0.3 is 15.3 Å². The Labute approximate surface area is 89.4 Å². The second-order valence-corrected chi connectivity index (χ2v) is 3.97. The van der Waals surface area contributed by atoms with Gasteiger partial charge in [0.15, 0.2) is 0 Å². The summed E-state index contributed by atoms with van der Waals surface area (Å²) in [5, 5.41) is 11.4. The van der Waals surface area contributed by atoms with Crippen molar-refractivity contribution in [3.05, 3.63) is 0 Å². The monoisotopic (exact) mass is 214 g/mol. The van der Waals surface area contributed by atoms with Crippen molar-refractivity contribution >= 4 is 12.0 Å². The van der Waals surface area contributed by atoms with Gasteiger partial charge in [-0.15, -0.1) is 0 Å². The molecule has 86 valence electrons. The van der Waals surface area contributed by atoms with Crippen molar-refractivity contribution in [2.24, 2.45) is 5.92 Å². The topological polar surface area (TPSA) is 69.6 Å². The van der Waals surface area contributed by atoms with E-state index in [9.17, 15) is 9.59 Å². The number of nitrogens with zero attached hydrogens (tertiary/aromatic N) is 1. The van der Waals surface area contributed by atoms with Crippen LogP contribution in [0.4, 0.5) is 4.79 Å². The number of hydrogen-bond donors (Lipinski definition) is 2. The van der Waals surface area contributed by atoms with Gasteiger partial charge in [-0.25, -0.2) is 4.79 Å². The quantitative estimate of drug-likeness (QED) is 0.714. The second kappa shape index (κ2) is 5.00. The van der Waals surface area contributed by atoms with Crippen LogP contribution >= 0.6 is 0 Å². The number of carboxylic acid groups (broad SMARTS) is 1. The first kappa shape index (κ1) is 11.8. The van der Waals surface area contributed by atoms with Crippen molar-refractivity contribution < 1.29 is 14.7 Å². The Balaban J connectivity index is 2.28. The smallest absolute Gasteiger partial charge is 0.317 e. The van der Waals surface area contributed by atoms with Gasteiger partial charge in [-0.2, -0.15) is 0 Å². The number of urea groups is 1. The number of carbonyl (C=O) groups excluding carboxylic acids is 1. The van der Waals surface area contributed by atoms with Crippen molar-refractivity contribution in [1.29, 1.82) is 0 Å². The minimum atomic E-state index is -0.855. The molecule has 1 unspecified atom stereocenters. The molecule has 0 heterocycles. The normalized spacial score (nSPS) is 16.9. The van der Waals surface area contributed by atoms with Crippen LogP contribution in [0.15, 0.2) is 0 Å². The zero-order valence-corrected chi connectivity index (χ0v) is 9.19. The van der Waals surface area contributed by atoms with Gasteiger partial charge in [0, 0.05) is 19.6 Å². The fraction of sp³-hybridized carbons (Fsp3) is 0.800. The van der Waals surface area contributed by atoms with Gasteiger partial charge in [-0.1, -0.05) is 6.92 Å². The molecule has 0 aliphatic heterocycles. The van der Waals surface area contributed by atoms with Crippen LogP contribution in [0.5, 0.6) is 0 Å². The summed E-state index contributed by atoms with van der Waals surface area (Å²) in [5.41, 5.74) is 0. The number of nitrogens with one attached hydrogen (secondary N) is 1. The highest BCUT2D eigenvalue weighted by molar-refractivity contribution is 5.76. The molecule has 0 saturated heterocycles. The molecule has 0 aromatic carbocycles. The molecule has 0 spiro atoms. The maximum absolute atomic E-state index is 11.5. The van der Waals surface area contributed by atoms with Gasteiger partial charge in [-0.05, 0) is 19.3 Å². The lowest BCUT2D eigenvalue weighted by Crippen LogP contribution is -2.41. The highest BCUT2D eigenvalue weighted by Gasteiger charge is 2.29. The van der Waals surface area contributed by atoms with Crippen LogP contribution in [0, 0.1) is 5.92 Å². The molecule has 0 bridgehead atoms. The first-order chi connectivity index (χ1) is 7.06. The van der Waals surface area contributed by atoms with E-state index < -0.39 is 11.9 Å². The summed E-state index contributed by atoms with van der Waals surface area (Å²) in [4.78, 5) is 23.8. The average Bonchev–Trinajstić information content (AvgIpc) is 3.00. The number of rotatable bonds is 5. The molecule has 2 amide bonds. The standard InChI is InChI=1S/C10H18N2O3/c1-3-7(9(13)14)6-11-10(15)12(2)8-4-5-8/h7-8H,3-6H2,1-2H3,(H,11,15)(H,13,14). The number of carbonyl (C=O) groups is 2. The molecule has 1 atom stereocenters. The molecule has 5 heteroatoms. The summed E-state index contributed by atoms with van der Waals surface area (Å²) in [6.07, 6.45) is 2.64. The third-order valence-corrected chi connectivity index (χ3v) is 2.76. The molecule has 1 rings (SSSR count). The Bertz CT molecular complexity index is 251. The zero-order chi connectivity index (χ0) is 11.4. The minimum Gasteiger partial charge on any atom is -0.481 e. The summed E-state index contributed by atoms with van der Waals surface area (Å²) in [6.45, 7) is 2.01. The van der Waals surface area contributed by atoms with Gasteiger partial charge in [0.05, 0.1) is 5.92 Å². The van der Waals surface area contributed by atoms with E-state index in [1.807, 2.05) is 0 Å². The number of carboxylic acids is 1. The molecule has 1 aliphatic rings. The van der Waals surface area contributed by atoms with Gasteiger partial charge in [0.2, 0.25) is 0 Å². The number of aliphatic carboxylic acids is 1. The van der Waals surface area contributed by atoms with Crippen LogP contribution in [0.1, 0.15) is 26.2 Å². The molecule has 0 aromatic heterocycles. The predicted molar refractivity (Wildman–Crippen MR) is 55.6 cm³/mol. The van der Waals surface area contributed by atoms with E-state index in [2.05, 4.69) is 5.32 Å².